The molecule has 1 fully saturated rings. The Balaban J connectivity index is 2.23. The summed E-state index contributed by atoms with van der Waals surface area (Å²) in [6.07, 6.45) is 2.92. The van der Waals surface area contributed by atoms with Gasteiger partial charge in [-0.1, -0.05) is 12.2 Å². The number of ether oxygens (including phenoxy) is 1. The molecule has 2 N–H and O–H groups in total. The summed E-state index contributed by atoms with van der Waals surface area (Å²) in [6, 6.07) is -1.21. The Hall–Kier alpha value is -1.56. The number of carboxylic acid groups (broad SMARTS) is 1. The lowest BCUT2D eigenvalue weighted by molar-refractivity contribution is -0.142. The summed E-state index contributed by atoms with van der Waals surface area (Å²) in [7, 11) is 0. The van der Waals surface area contributed by atoms with Crippen LogP contribution in [0.2, 0.25) is 0 Å². The molecule has 1 aliphatic carbocycles. The van der Waals surface area contributed by atoms with E-state index in [0.717, 1.165) is 0 Å². The van der Waals surface area contributed by atoms with Gasteiger partial charge in [-0.05, 0) is 33.6 Å². The molecule has 6 heteroatoms. The van der Waals surface area contributed by atoms with Crippen molar-refractivity contribution in [2.45, 2.75) is 57.4 Å². The number of hydrogen-bond acceptors (Lipinski definition) is 4. The fourth-order valence-corrected chi connectivity index (χ4v) is 2.86. The van der Waals surface area contributed by atoms with Crippen LogP contribution in [0.3, 0.4) is 0 Å². The first-order chi connectivity index (χ1) is 9.19. The molecule has 0 saturated carbocycles. The van der Waals surface area contributed by atoms with Gasteiger partial charge in [0.15, 0.2) is 0 Å². The number of aliphatic hydroxyl groups excluding tert-OH is 1. The van der Waals surface area contributed by atoms with Crippen LogP contribution in [-0.2, 0) is 9.53 Å². The van der Waals surface area contributed by atoms with Crippen molar-refractivity contribution in [3.63, 3.8) is 0 Å². The van der Waals surface area contributed by atoms with E-state index in [0.29, 0.717) is 12.8 Å². The molecule has 0 aromatic rings. The molecular weight excluding hydrogens is 262 g/mol. The largest absolute Gasteiger partial charge is 0.480 e. The molecule has 0 aromatic carbocycles. The average molecular weight is 283 g/mol. The fraction of sp³-hybridized carbons (Fsp3) is 0.714. The first-order valence-electron chi connectivity index (χ1n) is 6.79. The van der Waals surface area contributed by atoms with E-state index >= 15 is 0 Å². The molecule has 2 rings (SSSR count). The number of hydrogen-bond donors (Lipinski definition) is 2. The van der Waals surface area contributed by atoms with Crippen LogP contribution in [0.5, 0.6) is 0 Å². The van der Waals surface area contributed by atoms with Crippen molar-refractivity contribution in [3.05, 3.63) is 12.2 Å². The molecule has 1 saturated heterocycles. The molecule has 1 amide bonds. The molecule has 0 bridgehead atoms. The Labute approximate surface area is 118 Å². The molecule has 6 nitrogen and oxygen atoms in total. The highest BCUT2D eigenvalue weighted by Gasteiger charge is 2.49. The topological polar surface area (TPSA) is 87.1 Å². The van der Waals surface area contributed by atoms with Crippen molar-refractivity contribution in [2.75, 3.05) is 0 Å². The highest BCUT2D eigenvalue weighted by Crippen LogP contribution is 2.37. The van der Waals surface area contributed by atoms with Crippen molar-refractivity contribution in [2.24, 2.45) is 5.92 Å². The summed E-state index contributed by atoms with van der Waals surface area (Å²) in [5.41, 5.74) is -0.679. The quantitative estimate of drug-likeness (QED) is 0.710. The fourth-order valence-electron chi connectivity index (χ4n) is 2.86. The number of carbonyl (C=O) groups is 2. The molecule has 0 radical (unpaired) electrons. The van der Waals surface area contributed by atoms with Gasteiger partial charge in [0.05, 0.1) is 6.10 Å². The highest BCUT2D eigenvalue weighted by molar-refractivity contribution is 5.81. The van der Waals surface area contributed by atoms with Gasteiger partial charge < -0.3 is 14.9 Å². The Morgan fingerprint density at radius 1 is 1.25 bits per heavy atom. The molecular formula is C14H21NO5. The molecule has 0 unspecified atom stereocenters. The minimum Gasteiger partial charge on any atom is -0.480 e. The summed E-state index contributed by atoms with van der Waals surface area (Å²) in [5, 5.41) is 19.0. The van der Waals surface area contributed by atoms with Gasteiger partial charge in [-0.3, -0.25) is 4.90 Å². The van der Waals surface area contributed by atoms with Crippen molar-refractivity contribution < 1.29 is 24.5 Å². The third-order valence-electron chi connectivity index (χ3n) is 3.64. The monoisotopic (exact) mass is 283 g/mol. The molecule has 2 aliphatic rings. The van der Waals surface area contributed by atoms with E-state index in [1.807, 2.05) is 0 Å². The maximum Gasteiger partial charge on any atom is 0.411 e. The van der Waals surface area contributed by atoms with Gasteiger partial charge >= 0.3 is 12.1 Å². The van der Waals surface area contributed by atoms with Crippen LogP contribution in [0.15, 0.2) is 12.2 Å². The number of aliphatic carboxylic acids is 1. The molecule has 20 heavy (non-hydrogen) atoms. The van der Waals surface area contributed by atoms with E-state index in [9.17, 15) is 19.8 Å². The molecule has 112 valence electrons. The first kappa shape index (κ1) is 14.8. The van der Waals surface area contributed by atoms with Crippen LogP contribution < -0.4 is 0 Å². The highest BCUT2D eigenvalue weighted by atomic mass is 16.6. The zero-order valence-corrected chi connectivity index (χ0v) is 11.9. The van der Waals surface area contributed by atoms with Crippen LogP contribution in [0, 0.1) is 5.92 Å². The molecule has 1 aliphatic heterocycles. The van der Waals surface area contributed by atoms with Crippen LogP contribution in [0.1, 0.15) is 33.6 Å². The van der Waals surface area contributed by atoms with E-state index in [1.165, 1.54) is 4.90 Å². The molecule has 1 heterocycles. The van der Waals surface area contributed by atoms with Crippen LogP contribution in [-0.4, -0.2) is 51.0 Å². The molecule has 4 atom stereocenters. The second-order valence-electron chi connectivity index (χ2n) is 6.40. The number of fused-ring (bicyclic) bond motifs is 1. The van der Waals surface area contributed by atoms with Crippen molar-refractivity contribution in [1.82, 2.24) is 4.90 Å². The number of carbonyl (C=O) groups excluding carboxylic acids is 1. The lowest BCUT2D eigenvalue weighted by atomic mass is 9.89. The summed E-state index contributed by atoms with van der Waals surface area (Å²) in [6.45, 7) is 5.22. The smallest absolute Gasteiger partial charge is 0.411 e. The predicted octanol–water partition coefficient (Wildman–Crippen LogP) is 1.39. The maximum absolute atomic E-state index is 12.3. The third kappa shape index (κ3) is 2.95. The normalized spacial score (nSPS) is 32.9. The van der Waals surface area contributed by atoms with E-state index < -0.39 is 29.8 Å². The van der Waals surface area contributed by atoms with Crippen molar-refractivity contribution in [3.8, 4) is 0 Å². The van der Waals surface area contributed by atoms with E-state index in [2.05, 4.69) is 0 Å². The third-order valence-corrected chi connectivity index (χ3v) is 3.64. The summed E-state index contributed by atoms with van der Waals surface area (Å²) < 4.78 is 5.30. The van der Waals surface area contributed by atoms with E-state index in [4.69, 9.17) is 4.74 Å². The molecule has 0 aromatic heterocycles. The summed E-state index contributed by atoms with van der Waals surface area (Å²) in [4.78, 5) is 24.9. The minimum absolute atomic E-state index is 0.0352. The van der Waals surface area contributed by atoms with E-state index in [-0.39, 0.29) is 12.0 Å². The number of carboxylic acids is 1. The first-order valence-corrected chi connectivity index (χ1v) is 6.79. The van der Waals surface area contributed by atoms with Gasteiger partial charge in [0, 0.05) is 12.0 Å². The Morgan fingerprint density at radius 2 is 1.90 bits per heavy atom. The van der Waals surface area contributed by atoms with Crippen molar-refractivity contribution >= 4 is 12.1 Å². The lowest BCUT2D eigenvalue weighted by Gasteiger charge is -2.33. The average Bonchev–Trinajstić information content (AvgIpc) is 2.65. The lowest BCUT2D eigenvalue weighted by Crippen LogP contribution is -2.49. The predicted molar refractivity (Wildman–Crippen MR) is 71.2 cm³/mol. The Kier molecular flexibility index (Phi) is 3.77. The second-order valence-corrected chi connectivity index (χ2v) is 6.40. The summed E-state index contributed by atoms with van der Waals surface area (Å²) >= 11 is 0. The van der Waals surface area contributed by atoms with Gasteiger partial charge in [-0.2, -0.15) is 0 Å². The van der Waals surface area contributed by atoms with Gasteiger partial charge in [-0.25, -0.2) is 9.59 Å². The number of rotatable bonds is 1. The maximum atomic E-state index is 12.3. The van der Waals surface area contributed by atoms with Gasteiger partial charge in [0.25, 0.3) is 0 Å². The van der Waals surface area contributed by atoms with E-state index in [1.54, 1.807) is 32.9 Å². The SMILES string of the molecule is CC(C)(C)OC(=O)N1[C@@H]2C[C@H](O)C=C[C@@H]2C[C@H]1C(=O)O. The second kappa shape index (κ2) is 5.09. The number of likely N-dealkylation sites (tertiary alicyclic amines) is 1. The van der Waals surface area contributed by atoms with Gasteiger partial charge in [-0.15, -0.1) is 0 Å². The van der Waals surface area contributed by atoms with Crippen LogP contribution >= 0.6 is 0 Å². The number of nitrogens with zero attached hydrogens (tertiary/aromatic N) is 1. The molecule has 0 spiro atoms. The van der Waals surface area contributed by atoms with Gasteiger partial charge in [0.1, 0.15) is 11.6 Å². The summed E-state index contributed by atoms with van der Waals surface area (Å²) in [5.74, 6) is -1.07. The number of aliphatic hydroxyl groups is 1. The van der Waals surface area contributed by atoms with Crippen LogP contribution in [0.4, 0.5) is 4.79 Å². The Morgan fingerprint density at radius 3 is 2.45 bits per heavy atom. The zero-order valence-electron chi connectivity index (χ0n) is 11.9. The van der Waals surface area contributed by atoms with Crippen molar-refractivity contribution in [1.29, 1.82) is 0 Å². The van der Waals surface area contributed by atoms with Crippen LogP contribution in [0.25, 0.3) is 0 Å². The minimum atomic E-state index is -1.03. The standard InChI is InChI=1S/C14H21NO5/c1-14(2,3)20-13(19)15-10-7-9(16)5-4-8(10)6-11(15)12(17)18/h4-5,8-11,16H,6-7H2,1-3H3,(H,17,18)/t8-,9-,10-,11+/m1/s1. The van der Waals surface area contributed by atoms with Gasteiger partial charge in [0.2, 0.25) is 0 Å². The zero-order chi connectivity index (χ0) is 15.1. The number of amides is 1. The Bertz CT molecular complexity index is 439.